The van der Waals surface area contributed by atoms with Crippen LogP contribution in [0.3, 0.4) is 0 Å². The zero-order valence-corrected chi connectivity index (χ0v) is 14.5. The second-order valence-corrected chi connectivity index (χ2v) is 6.97. The Morgan fingerprint density at radius 1 is 1.33 bits per heavy atom. The van der Waals surface area contributed by atoms with Crippen molar-refractivity contribution in [1.29, 1.82) is 0 Å². The van der Waals surface area contributed by atoms with Crippen molar-refractivity contribution in [2.45, 2.75) is 38.6 Å². The Morgan fingerprint density at radius 2 is 2.04 bits per heavy atom. The molecule has 128 valence electrons. The summed E-state index contributed by atoms with van der Waals surface area (Å²) < 4.78 is 6.99. The summed E-state index contributed by atoms with van der Waals surface area (Å²) in [5.41, 5.74) is 0.589. The maximum Gasteiger partial charge on any atom is 0.231 e. The Morgan fingerprint density at radius 3 is 2.58 bits per heavy atom. The van der Waals surface area contributed by atoms with E-state index in [4.69, 9.17) is 4.74 Å². The molecule has 6 nitrogen and oxygen atoms in total. The Bertz CT molecular complexity index is 694. The van der Waals surface area contributed by atoms with Gasteiger partial charge in [-0.1, -0.05) is 31.2 Å². The minimum atomic E-state index is -0.438. The molecule has 0 unspecified atom stereocenters. The van der Waals surface area contributed by atoms with E-state index in [0.29, 0.717) is 6.54 Å². The summed E-state index contributed by atoms with van der Waals surface area (Å²) in [6.07, 6.45) is 5.17. The molecule has 3 rings (SSSR count). The highest BCUT2D eigenvalue weighted by atomic mass is 16.5. The van der Waals surface area contributed by atoms with E-state index in [0.717, 1.165) is 30.7 Å². The fraction of sp³-hybridized carbons (Fsp3) is 0.500. The normalized spacial score (nSPS) is 21.3. The van der Waals surface area contributed by atoms with E-state index in [1.165, 1.54) is 0 Å². The summed E-state index contributed by atoms with van der Waals surface area (Å²) in [5, 5.41) is 10.8. The van der Waals surface area contributed by atoms with Crippen molar-refractivity contribution < 1.29 is 9.53 Å². The predicted molar refractivity (Wildman–Crippen MR) is 90.7 cm³/mol. The molecule has 0 saturated heterocycles. The van der Waals surface area contributed by atoms with Crippen molar-refractivity contribution in [2.75, 3.05) is 13.7 Å². The minimum Gasteiger partial charge on any atom is -0.497 e. The number of hydrogen-bond donors (Lipinski definition) is 1. The number of nitrogens with one attached hydrogen (secondary N) is 1. The fourth-order valence-corrected chi connectivity index (χ4v) is 3.45. The summed E-state index contributed by atoms with van der Waals surface area (Å²) in [5.74, 6) is 0.914. The van der Waals surface area contributed by atoms with Crippen LogP contribution in [0.1, 0.15) is 32.3 Å². The number of rotatable bonds is 7. The molecule has 1 aromatic carbocycles. The molecular weight excluding hydrogens is 304 g/mol. The smallest absolute Gasteiger partial charge is 0.231 e. The topological polar surface area (TPSA) is 69.0 Å². The maximum atomic E-state index is 12.9. The Balaban J connectivity index is 1.63. The molecule has 0 spiro atoms. The molecular formula is C18H24N4O2. The Kier molecular flexibility index (Phi) is 4.30. The number of ether oxygens (including phenoxy) is 1. The summed E-state index contributed by atoms with van der Waals surface area (Å²) in [6.45, 7) is 5.67. The quantitative estimate of drug-likeness (QED) is 0.791. The van der Waals surface area contributed by atoms with Crippen LogP contribution >= 0.6 is 0 Å². The van der Waals surface area contributed by atoms with Gasteiger partial charge >= 0.3 is 0 Å². The molecule has 0 bridgehead atoms. The van der Waals surface area contributed by atoms with Crippen molar-refractivity contribution in [2.24, 2.45) is 5.41 Å². The monoisotopic (exact) mass is 328 g/mol. The zero-order valence-electron chi connectivity index (χ0n) is 14.5. The van der Waals surface area contributed by atoms with Gasteiger partial charge in [0.05, 0.1) is 18.7 Å². The van der Waals surface area contributed by atoms with E-state index in [9.17, 15) is 4.79 Å². The molecule has 2 aromatic rings. The molecule has 1 saturated carbocycles. The van der Waals surface area contributed by atoms with Crippen LogP contribution in [0.25, 0.3) is 0 Å². The zero-order chi connectivity index (χ0) is 17.2. The van der Waals surface area contributed by atoms with E-state index < -0.39 is 5.41 Å². The van der Waals surface area contributed by atoms with Crippen LogP contribution < -0.4 is 10.1 Å². The van der Waals surface area contributed by atoms with Crippen molar-refractivity contribution in [3.8, 4) is 5.75 Å². The van der Waals surface area contributed by atoms with Gasteiger partial charge in [-0.15, -0.1) is 5.10 Å². The van der Waals surface area contributed by atoms with Gasteiger partial charge in [-0.05, 0) is 36.0 Å². The minimum absolute atomic E-state index is 0.0302. The summed E-state index contributed by atoms with van der Waals surface area (Å²) in [7, 11) is 1.65. The molecule has 24 heavy (non-hydrogen) atoms. The number of nitrogens with zero attached hydrogens (tertiary/aromatic N) is 3. The lowest BCUT2D eigenvalue weighted by Crippen LogP contribution is -2.38. The molecule has 1 atom stereocenters. The number of hydrogen-bond acceptors (Lipinski definition) is 4. The Hall–Kier alpha value is -2.37. The first-order valence-electron chi connectivity index (χ1n) is 8.26. The molecule has 1 fully saturated rings. The fourth-order valence-electron chi connectivity index (χ4n) is 3.45. The van der Waals surface area contributed by atoms with Crippen LogP contribution in [0.15, 0.2) is 36.7 Å². The van der Waals surface area contributed by atoms with Crippen LogP contribution in [-0.2, 0) is 16.8 Å². The first-order chi connectivity index (χ1) is 11.5. The number of aromatic nitrogens is 3. The van der Waals surface area contributed by atoms with Crippen LogP contribution in [-0.4, -0.2) is 34.6 Å². The number of amides is 1. The lowest BCUT2D eigenvalue weighted by Gasteiger charge is -2.21. The van der Waals surface area contributed by atoms with E-state index in [1.807, 2.05) is 30.5 Å². The Labute approximate surface area is 142 Å². The van der Waals surface area contributed by atoms with Crippen molar-refractivity contribution in [1.82, 2.24) is 20.3 Å². The predicted octanol–water partition coefficient (Wildman–Crippen LogP) is 2.16. The number of carbonyl (C=O) groups excluding carboxylic acids is 1. The first kappa shape index (κ1) is 16.5. The van der Waals surface area contributed by atoms with Gasteiger partial charge in [0.1, 0.15) is 5.75 Å². The summed E-state index contributed by atoms with van der Waals surface area (Å²) in [6, 6.07) is 7.85. The highest BCUT2D eigenvalue weighted by Gasteiger charge is 2.66. The molecule has 1 amide bonds. The van der Waals surface area contributed by atoms with Crippen LogP contribution in [0.2, 0.25) is 0 Å². The number of benzene rings is 1. The van der Waals surface area contributed by atoms with Crippen molar-refractivity contribution in [3.63, 3.8) is 0 Å². The van der Waals surface area contributed by atoms with Gasteiger partial charge < -0.3 is 10.1 Å². The molecule has 1 aliphatic rings. The van der Waals surface area contributed by atoms with Crippen LogP contribution in [0, 0.1) is 5.41 Å². The average Bonchev–Trinajstić information content (AvgIpc) is 2.93. The third-order valence-corrected chi connectivity index (χ3v) is 5.03. The highest BCUT2D eigenvalue weighted by molar-refractivity contribution is 5.93. The second-order valence-electron chi connectivity index (χ2n) is 6.97. The molecule has 1 heterocycles. The van der Waals surface area contributed by atoms with E-state index in [1.54, 1.807) is 18.0 Å². The van der Waals surface area contributed by atoms with Crippen LogP contribution in [0.5, 0.6) is 5.75 Å². The maximum absolute atomic E-state index is 12.9. The van der Waals surface area contributed by atoms with Gasteiger partial charge in [0.2, 0.25) is 5.91 Å². The number of carbonyl (C=O) groups is 1. The number of methoxy groups -OCH3 is 1. The summed E-state index contributed by atoms with van der Waals surface area (Å²) >= 11 is 0. The van der Waals surface area contributed by atoms with Crippen molar-refractivity contribution in [3.05, 3.63) is 42.2 Å². The molecule has 6 heteroatoms. The number of aryl methyl sites for hydroxylation is 1. The van der Waals surface area contributed by atoms with E-state index >= 15 is 0 Å². The van der Waals surface area contributed by atoms with Gasteiger partial charge in [-0.3, -0.25) is 9.48 Å². The van der Waals surface area contributed by atoms with Gasteiger partial charge in [-0.2, -0.15) is 0 Å². The summed E-state index contributed by atoms with van der Waals surface area (Å²) in [4.78, 5) is 12.9. The lowest BCUT2D eigenvalue weighted by atomic mass is 9.87. The SMILES string of the molecule is COc1ccc([C@]2(C(=O)NCCCn3ccnn3)CC2(C)C)cc1. The van der Waals surface area contributed by atoms with E-state index in [2.05, 4.69) is 29.5 Å². The highest BCUT2D eigenvalue weighted by Crippen LogP contribution is 2.64. The molecule has 0 radical (unpaired) electrons. The average molecular weight is 328 g/mol. The largest absolute Gasteiger partial charge is 0.497 e. The van der Waals surface area contributed by atoms with Gasteiger partial charge in [-0.25, -0.2) is 0 Å². The molecule has 0 aliphatic heterocycles. The van der Waals surface area contributed by atoms with Crippen LogP contribution in [0.4, 0.5) is 0 Å². The molecule has 1 aromatic heterocycles. The van der Waals surface area contributed by atoms with Gasteiger partial charge in [0.15, 0.2) is 0 Å². The molecule has 1 N–H and O–H groups in total. The van der Waals surface area contributed by atoms with Crippen molar-refractivity contribution >= 4 is 5.91 Å². The lowest BCUT2D eigenvalue weighted by molar-refractivity contribution is -0.124. The third kappa shape index (κ3) is 2.88. The first-order valence-corrected chi connectivity index (χ1v) is 8.26. The van der Waals surface area contributed by atoms with Gasteiger partial charge in [0.25, 0.3) is 0 Å². The van der Waals surface area contributed by atoms with E-state index in [-0.39, 0.29) is 11.3 Å². The third-order valence-electron chi connectivity index (χ3n) is 5.03. The second kappa shape index (κ2) is 6.26. The standard InChI is InChI=1S/C18H24N4O2/c1-17(2)13-18(17,14-5-7-15(24-3)8-6-14)16(23)19-9-4-11-22-12-10-20-21-22/h5-8,10,12H,4,9,11,13H2,1-3H3,(H,19,23)/t18-/m0/s1. The molecule has 1 aliphatic carbocycles. The van der Waals surface area contributed by atoms with Gasteiger partial charge in [0, 0.05) is 19.3 Å².